The average Bonchev–Trinajstić information content (AvgIpc) is 2.12. The minimum atomic E-state index is -0.126. The molecule has 0 aromatic carbocycles. The summed E-state index contributed by atoms with van der Waals surface area (Å²) in [6.07, 6.45) is 6.10. The minimum absolute atomic E-state index is 0.126. The van der Waals surface area contributed by atoms with Gasteiger partial charge >= 0.3 is 0 Å². The Bertz CT molecular complexity index is 140. The summed E-state index contributed by atoms with van der Waals surface area (Å²) in [7, 11) is 0. The van der Waals surface area contributed by atoms with Crippen molar-refractivity contribution in [3.8, 4) is 0 Å². The second-order valence-corrected chi connectivity index (χ2v) is 4.32. The lowest BCUT2D eigenvalue weighted by Gasteiger charge is -2.41. The standard InChI is InChI=1S/C10H18O2/c11-9-5-6-10(12)8-4-2-1-3-7(8)9/h7-12H,1-6H2/t7-,8+,9-,10+. The van der Waals surface area contributed by atoms with E-state index in [9.17, 15) is 10.2 Å². The van der Waals surface area contributed by atoms with E-state index in [0.29, 0.717) is 11.8 Å². The van der Waals surface area contributed by atoms with Crippen LogP contribution in [0.25, 0.3) is 0 Å². The zero-order valence-electron chi connectivity index (χ0n) is 7.45. The van der Waals surface area contributed by atoms with Crippen LogP contribution < -0.4 is 0 Å². The zero-order chi connectivity index (χ0) is 8.55. The van der Waals surface area contributed by atoms with Crippen LogP contribution >= 0.6 is 0 Å². The van der Waals surface area contributed by atoms with Gasteiger partial charge in [-0.2, -0.15) is 0 Å². The normalized spacial score (nSPS) is 48.5. The van der Waals surface area contributed by atoms with Crippen LogP contribution in [-0.2, 0) is 0 Å². The van der Waals surface area contributed by atoms with Crippen molar-refractivity contribution >= 4 is 0 Å². The Morgan fingerprint density at radius 3 is 1.50 bits per heavy atom. The van der Waals surface area contributed by atoms with Gasteiger partial charge in [0.15, 0.2) is 0 Å². The summed E-state index contributed by atoms with van der Waals surface area (Å²) in [6, 6.07) is 0. The van der Waals surface area contributed by atoms with Crippen LogP contribution in [0, 0.1) is 11.8 Å². The zero-order valence-corrected chi connectivity index (χ0v) is 7.45. The fourth-order valence-corrected chi connectivity index (χ4v) is 2.91. The highest BCUT2D eigenvalue weighted by molar-refractivity contribution is 4.89. The molecule has 2 saturated carbocycles. The van der Waals surface area contributed by atoms with Gasteiger partial charge in [0.2, 0.25) is 0 Å². The van der Waals surface area contributed by atoms with Gasteiger partial charge in [-0.3, -0.25) is 0 Å². The molecule has 0 aromatic rings. The SMILES string of the molecule is O[C@@H]1CC[C@H](O)[C@H]2CCCC[C@H]21. The highest BCUT2D eigenvalue weighted by atomic mass is 16.3. The second kappa shape index (κ2) is 3.35. The van der Waals surface area contributed by atoms with E-state index < -0.39 is 0 Å². The highest BCUT2D eigenvalue weighted by Crippen LogP contribution is 2.40. The molecule has 0 aliphatic heterocycles. The molecule has 2 aliphatic rings. The van der Waals surface area contributed by atoms with Crippen molar-refractivity contribution < 1.29 is 10.2 Å². The first-order chi connectivity index (χ1) is 5.79. The lowest BCUT2D eigenvalue weighted by Crippen LogP contribution is -2.42. The molecule has 0 radical (unpaired) electrons. The third-order valence-corrected chi connectivity index (χ3v) is 3.62. The van der Waals surface area contributed by atoms with Gasteiger partial charge in [0.1, 0.15) is 0 Å². The summed E-state index contributed by atoms with van der Waals surface area (Å²) in [5.41, 5.74) is 0. The molecule has 70 valence electrons. The summed E-state index contributed by atoms with van der Waals surface area (Å²) in [6.45, 7) is 0. The van der Waals surface area contributed by atoms with Gasteiger partial charge in [-0.05, 0) is 37.5 Å². The maximum atomic E-state index is 9.71. The van der Waals surface area contributed by atoms with Crippen LogP contribution in [0.2, 0.25) is 0 Å². The van der Waals surface area contributed by atoms with Crippen molar-refractivity contribution in [3.05, 3.63) is 0 Å². The van der Waals surface area contributed by atoms with Crippen LogP contribution in [0.5, 0.6) is 0 Å². The average molecular weight is 170 g/mol. The lowest BCUT2D eigenvalue weighted by molar-refractivity contribution is -0.0608. The second-order valence-electron chi connectivity index (χ2n) is 4.32. The van der Waals surface area contributed by atoms with Gasteiger partial charge in [0.25, 0.3) is 0 Å². The highest BCUT2D eigenvalue weighted by Gasteiger charge is 2.38. The van der Waals surface area contributed by atoms with E-state index in [0.717, 1.165) is 25.7 Å². The molecular formula is C10H18O2. The maximum Gasteiger partial charge on any atom is 0.0573 e. The number of fused-ring (bicyclic) bond motifs is 1. The molecule has 2 fully saturated rings. The van der Waals surface area contributed by atoms with Gasteiger partial charge in [-0.25, -0.2) is 0 Å². The Morgan fingerprint density at radius 1 is 0.667 bits per heavy atom. The largest absolute Gasteiger partial charge is 0.393 e. The van der Waals surface area contributed by atoms with Crippen molar-refractivity contribution in [1.29, 1.82) is 0 Å². The predicted molar refractivity (Wildman–Crippen MR) is 46.7 cm³/mol. The van der Waals surface area contributed by atoms with Gasteiger partial charge in [0, 0.05) is 0 Å². The Morgan fingerprint density at radius 2 is 1.08 bits per heavy atom. The van der Waals surface area contributed by atoms with E-state index in [1.807, 2.05) is 0 Å². The maximum absolute atomic E-state index is 9.71. The van der Waals surface area contributed by atoms with Gasteiger partial charge < -0.3 is 10.2 Å². The van der Waals surface area contributed by atoms with Crippen molar-refractivity contribution in [2.24, 2.45) is 11.8 Å². The molecule has 4 atom stereocenters. The first-order valence-electron chi connectivity index (χ1n) is 5.15. The smallest absolute Gasteiger partial charge is 0.0573 e. The topological polar surface area (TPSA) is 40.5 Å². The molecule has 0 amide bonds. The number of aliphatic hydroxyl groups is 2. The first-order valence-corrected chi connectivity index (χ1v) is 5.15. The number of hydrogen-bond donors (Lipinski definition) is 2. The predicted octanol–water partition coefficient (Wildman–Crippen LogP) is 1.31. The number of rotatable bonds is 0. The molecule has 0 bridgehead atoms. The summed E-state index contributed by atoms with van der Waals surface area (Å²) < 4.78 is 0. The fourth-order valence-electron chi connectivity index (χ4n) is 2.91. The number of hydrogen-bond acceptors (Lipinski definition) is 2. The van der Waals surface area contributed by atoms with Crippen LogP contribution in [-0.4, -0.2) is 22.4 Å². The van der Waals surface area contributed by atoms with E-state index in [1.165, 1.54) is 12.8 Å². The van der Waals surface area contributed by atoms with E-state index >= 15 is 0 Å². The summed E-state index contributed by atoms with van der Waals surface area (Å²) in [5, 5.41) is 19.4. The van der Waals surface area contributed by atoms with E-state index in [4.69, 9.17) is 0 Å². The Kier molecular flexibility index (Phi) is 2.37. The molecule has 0 spiro atoms. The molecule has 0 aromatic heterocycles. The van der Waals surface area contributed by atoms with E-state index in [-0.39, 0.29) is 12.2 Å². The Balaban J connectivity index is 2.05. The summed E-state index contributed by atoms with van der Waals surface area (Å²) in [4.78, 5) is 0. The van der Waals surface area contributed by atoms with Crippen LogP contribution in [0.3, 0.4) is 0 Å². The quantitative estimate of drug-likeness (QED) is 0.575. The van der Waals surface area contributed by atoms with Crippen LogP contribution in [0.1, 0.15) is 38.5 Å². The molecule has 2 aliphatic carbocycles. The fraction of sp³-hybridized carbons (Fsp3) is 1.00. The number of aliphatic hydroxyl groups excluding tert-OH is 2. The molecular weight excluding hydrogens is 152 g/mol. The van der Waals surface area contributed by atoms with Crippen LogP contribution in [0.15, 0.2) is 0 Å². The van der Waals surface area contributed by atoms with E-state index in [1.54, 1.807) is 0 Å². The molecule has 2 nitrogen and oxygen atoms in total. The monoisotopic (exact) mass is 170 g/mol. The molecule has 0 unspecified atom stereocenters. The Labute approximate surface area is 73.6 Å². The van der Waals surface area contributed by atoms with Gasteiger partial charge in [-0.15, -0.1) is 0 Å². The summed E-state index contributed by atoms with van der Waals surface area (Å²) in [5.74, 6) is 0.810. The minimum Gasteiger partial charge on any atom is -0.393 e. The van der Waals surface area contributed by atoms with Gasteiger partial charge in [-0.1, -0.05) is 12.8 Å². The lowest BCUT2D eigenvalue weighted by atomic mass is 9.68. The van der Waals surface area contributed by atoms with E-state index in [2.05, 4.69) is 0 Å². The van der Waals surface area contributed by atoms with Crippen molar-refractivity contribution in [2.75, 3.05) is 0 Å². The van der Waals surface area contributed by atoms with Gasteiger partial charge in [0.05, 0.1) is 12.2 Å². The van der Waals surface area contributed by atoms with Crippen LogP contribution in [0.4, 0.5) is 0 Å². The molecule has 0 heterocycles. The third-order valence-electron chi connectivity index (χ3n) is 3.62. The first kappa shape index (κ1) is 8.52. The molecule has 12 heavy (non-hydrogen) atoms. The molecule has 2 N–H and O–H groups in total. The van der Waals surface area contributed by atoms with Crippen molar-refractivity contribution in [2.45, 2.75) is 50.7 Å². The third kappa shape index (κ3) is 1.38. The Hall–Kier alpha value is -0.0800. The molecule has 0 saturated heterocycles. The molecule has 2 rings (SSSR count). The van der Waals surface area contributed by atoms with Crippen molar-refractivity contribution in [3.63, 3.8) is 0 Å². The summed E-state index contributed by atoms with van der Waals surface area (Å²) >= 11 is 0. The molecule has 2 heteroatoms. The van der Waals surface area contributed by atoms with Crippen molar-refractivity contribution in [1.82, 2.24) is 0 Å².